The molecule has 0 rings (SSSR count). The number of hydrogen-bond donors (Lipinski definition) is 0. The van der Waals surface area contributed by atoms with Gasteiger partial charge in [-0.3, -0.25) is 0 Å². The Morgan fingerprint density at radius 2 is 1.79 bits per heavy atom. The van der Waals surface area contributed by atoms with Crippen LogP contribution < -0.4 is 0 Å². The average Bonchev–Trinajstić information content (AvgIpc) is 1.97. The molecule has 0 saturated carbocycles. The Balaban J connectivity index is 4.37. The SMILES string of the molecule is C=C(C=COC)O[Si](C)(C)C(C)(C)C. The molecular weight excluding hydrogens is 192 g/mol. The molecule has 0 aromatic carbocycles. The van der Waals surface area contributed by atoms with Crippen LogP contribution >= 0.6 is 0 Å². The molecule has 0 aromatic rings. The molecule has 0 atom stereocenters. The van der Waals surface area contributed by atoms with Crippen LogP contribution in [0, 0.1) is 0 Å². The summed E-state index contributed by atoms with van der Waals surface area (Å²) in [5.74, 6) is 0.679. The van der Waals surface area contributed by atoms with Crippen molar-refractivity contribution in [3.63, 3.8) is 0 Å². The van der Waals surface area contributed by atoms with E-state index in [2.05, 4.69) is 40.4 Å². The monoisotopic (exact) mass is 214 g/mol. The lowest BCUT2D eigenvalue weighted by Crippen LogP contribution is -2.40. The third-order valence-electron chi connectivity index (χ3n) is 2.58. The van der Waals surface area contributed by atoms with Crippen LogP contribution in [-0.4, -0.2) is 15.4 Å². The van der Waals surface area contributed by atoms with Gasteiger partial charge in [-0.15, -0.1) is 0 Å². The second-order valence-corrected chi connectivity index (χ2v) is 9.59. The highest BCUT2D eigenvalue weighted by Crippen LogP contribution is 2.37. The predicted molar refractivity (Wildman–Crippen MR) is 63.6 cm³/mol. The van der Waals surface area contributed by atoms with Gasteiger partial charge in [-0.05, 0) is 18.1 Å². The molecule has 0 bridgehead atoms. The molecule has 0 unspecified atom stereocenters. The van der Waals surface area contributed by atoms with Crippen LogP contribution in [0.25, 0.3) is 0 Å². The lowest BCUT2D eigenvalue weighted by molar-refractivity contribution is 0.332. The molecular formula is C11H22O2Si. The van der Waals surface area contributed by atoms with Crippen molar-refractivity contribution in [1.29, 1.82) is 0 Å². The molecule has 0 spiro atoms. The molecule has 0 N–H and O–H groups in total. The summed E-state index contributed by atoms with van der Waals surface area (Å²) < 4.78 is 10.7. The zero-order valence-electron chi connectivity index (χ0n) is 10.2. The first kappa shape index (κ1) is 13.3. The van der Waals surface area contributed by atoms with E-state index < -0.39 is 8.32 Å². The summed E-state index contributed by atoms with van der Waals surface area (Å²) in [6.07, 6.45) is 3.33. The van der Waals surface area contributed by atoms with E-state index in [0.29, 0.717) is 5.76 Å². The summed E-state index contributed by atoms with van der Waals surface area (Å²) >= 11 is 0. The number of hydrogen-bond acceptors (Lipinski definition) is 2. The van der Waals surface area contributed by atoms with Crippen LogP contribution in [0.5, 0.6) is 0 Å². The number of rotatable bonds is 4. The molecule has 0 aromatic heterocycles. The highest BCUT2D eigenvalue weighted by molar-refractivity contribution is 6.74. The van der Waals surface area contributed by atoms with Gasteiger partial charge in [0.2, 0.25) is 8.32 Å². The molecule has 14 heavy (non-hydrogen) atoms. The summed E-state index contributed by atoms with van der Waals surface area (Å²) in [6, 6.07) is 0. The van der Waals surface area contributed by atoms with Crippen LogP contribution in [0.1, 0.15) is 20.8 Å². The highest BCUT2D eigenvalue weighted by Gasteiger charge is 2.38. The van der Waals surface area contributed by atoms with Crippen molar-refractivity contribution in [3.8, 4) is 0 Å². The largest absolute Gasteiger partial charge is 0.544 e. The second-order valence-electron chi connectivity index (χ2n) is 4.87. The lowest BCUT2D eigenvalue weighted by atomic mass is 10.2. The Morgan fingerprint density at radius 3 is 2.14 bits per heavy atom. The van der Waals surface area contributed by atoms with Crippen LogP contribution in [0.15, 0.2) is 24.7 Å². The van der Waals surface area contributed by atoms with Crippen LogP contribution in [-0.2, 0) is 9.16 Å². The first-order chi connectivity index (χ1) is 6.20. The zero-order valence-corrected chi connectivity index (χ0v) is 11.2. The fourth-order valence-electron chi connectivity index (χ4n) is 0.659. The van der Waals surface area contributed by atoms with E-state index in [1.807, 2.05) is 0 Å². The maximum absolute atomic E-state index is 5.88. The number of methoxy groups -OCH3 is 1. The smallest absolute Gasteiger partial charge is 0.250 e. The molecule has 0 heterocycles. The minimum atomic E-state index is -1.72. The van der Waals surface area contributed by atoms with Crippen molar-refractivity contribution in [2.24, 2.45) is 0 Å². The molecule has 0 amide bonds. The number of allylic oxidation sites excluding steroid dienone is 1. The molecule has 0 aliphatic heterocycles. The minimum absolute atomic E-state index is 0.205. The molecule has 82 valence electrons. The fraction of sp³-hybridized carbons (Fsp3) is 0.636. The molecule has 0 fully saturated rings. The molecule has 2 nitrogen and oxygen atoms in total. The Hall–Kier alpha value is -0.703. The topological polar surface area (TPSA) is 18.5 Å². The highest BCUT2D eigenvalue weighted by atomic mass is 28.4. The maximum Gasteiger partial charge on any atom is 0.250 e. The van der Waals surface area contributed by atoms with Crippen molar-refractivity contribution < 1.29 is 9.16 Å². The quantitative estimate of drug-likeness (QED) is 0.404. The summed E-state index contributed by atoms with van der Waals surface area (Å²) in [4.78, 5) is 0. The standard InChI is InChI=1S/C11H22O2Si/c1-10(8-9-12-5)13-14(6,7)11(2,3)4/h8-9H,1H2,2-7H3. The van der Waals surface area contributed by atoms with Crippen molar-refractivity contribution in [2.45, 2.75) is 38.9 Å². The van der Waals surface area contributed by atoms with Gasteiger partial charge in [-0.2, -0.15) is 0 Å². The minimum Gasteiger partial charge on any atom is -0.544 e. The van der Waals surface area contributed by atoms with E-state index >= 15 is 0 Å². The summed E-state index contributed by atoms with van der Waals surface area (Å²) in [5, 5.41) is 0.205. The van der Waals surface area contributed by atoms with E-state index in [4.69, 9.17) is 9.16 Å². The van der Waals surface area contributed by atoms with Gasteiger partial charge >= 0.3 is 0 Å². The van der Waals surface area contributed by atoms with Crippen molar-refractivity contribution >= 4 is 8.32 Å². The third kappa shape index (κ3) is 4.00. The van der Waals surface area contributed by atoms with Gasteiger partial charge in [0.1, 0.15) is 0 Å². The molecule has 0 radical (unpaired) electrons. The zero-order chi connectivity index (χ0) is 11.4. The van der Waals surface area contributed by atoms with Gasteiger partial charge in [0.25, 0.3) is 0 Å². The van der Waals surface area contributed by atoms with Gasteiger partial charge in [0.05, 0.1) is 19.1 Å². The van der Waals surface area contributed by atoms with Gasteiger partial charge in [-0.25, -0.2) is 0 Å². The van der Waals surface area contributed by atoms with Gasteiger partial charge in [-0.1, -0.05) is 27.4 Å². The Bertz CT molecular complexity index is 224. The van der Waals surface area contributed by atoms with E-state index in [1.165, 1.54) is 0 Å². The normalized spacial score (nSPS) is 13.0. The third-order valence-corrected chi connectivity index (χ3v) is 6.97. The maximum atomic E-state index is 5.88. The van der Waals surface area contributed by atoms with Crippen LogP contribution in [0.4, 0.5) is 0 Å². The Kier molecular flexibility index (Phi) is 4.45. The van der Waals surface area contributed by atoms with Gasteiger partial charge in [0, 0.05) is 6.08 Å². The second kappa shape index (κ2) is 4.69. The molecule has 3 heteroatoms. The van der Waals surface area contributed by atoms with E-state index in [-0.39, 0.29) is 5.04 Å². The van der Waals surface area contributed by atoms with Gasteiger partial charge in [0.15, 0.2) is 0 Å². The first-order valence-corrected chi connectivity index (χ1v) is 7.69. The fourth-order valence-corrected chi connectivity index (χ4v) is 1.69. The van der Waals surface area contributed by atoms with Crippen LogP contribution in [0.2, 0.25) is 18.1 Å². The average molecular weight is 214 g/mol. The van der Waals surface area contributed by atoms with Crippen LogP contribution in [0.3, 0.4) is 0 Å². The van der Waals surface area contributed by atoms with E-state index in [1.54, 1.807) is 19.4 Å². The number of ether oxygens (including phenoxy) is 1. The van der Waals surface area contributed by atoms with Gasteiger partial charge < -0.3 is 9.16 Å². The summed E-state index contributed by atoms with van der Waals surface area (Å²) in [6.45, 7) is 14.8. The van der Waals surface area contributed by atoms with Crippen molar-refractivity contribution in [1.82, 2.24) is 0 Å². The molecule has 0 aliphatic rings. The first-order valence-electron chi connectivity index (χ1n) is 4.78. The Morgan fingerprint density at radius 1 is 1.29 bits per heavy atom. The predicted octanol–water partition coefficient (Wildman–Crippen LogP) is 3.68. The van der Waals surface area contributed by atoms with Crippen molar-refractivity contribution in [3.05, 3.63) is 24.7 Å². The van der Waals surface area contributed by atoms with E-state index in [9.17, 15) is 0 Å². The summed E-state index contributed by atoms with van der Waals surface area (Å²) in [7, 11) is -0.117. The lowest BCUT2D eigenvalue weighted by Gasteiger charge is -2.36. The summed E-state index contributed by atoms with van der Waals surface area (Å²) in [5.41, 5.74) is 0. The Labute approximate surface area is 88.7 Å². The van der Waals surface area contributed by atoms with E-state index in [0.717, 1.165) is 0 Å². The molecule has 0 aliphatic carbocycles. The van der Waals surface area contributed by atoms with Crippen molar-refractivity contribution in [2.75, 3.05) is 7.11 Å². The molecule has 0 saturated heterocycles.